The number of nitrogens with zero attached hydrogens (tertiary/aromatic N) is 8. The molecule has 13 heteroatoms. The van der Waals surface area contributed by atoms with Gasteiger partial charge in [0.1, 0.15) is 0 Å². The van der Waals surface area contributed by atoms with Crippen LogP contribution in [-0.2, 0) is 43.7 Å². The summed E-state index contributed by atoms with van der Waals surface area (Å²) in [7, 11) is 2.98. The number of rotatable bonds is 10. The lowest BCUT2D eigenvalue weighted by Gasteiger charge is -2.38. The van der Waals surface area contributed by atoms with E-state index in [2.05, 4.69) is 168 Å². The van der Waals surface area contributed by atoms with Gasteiger partial charge in [-0.2, -0.15) is 18.3 Å². The van der Waals surface area contributed by atoms with Gasteiger partial charge in [0.25, 0.3) is 0 Å². The topological polar surface area (TPSA) is 105 Å². The van der Waals surface area contributed by atoms with E-state index in [-0.39, 0.29) is 35.6 Å². The Morgan fingerprint density at radius 2 is 1.01 bits per heavy atom. The number of carbonyl (C=O) groups is 2. The number of aliphatic hydroxyl groups is 1. The molecule has 84 heavy (non-hydrogen) atoms. The van der Waals surface area contributed by atoms with Crippen LogP contribution in [0.5, 0.6) is 0 Å². The molecule has 18 rings (SSSR count). The quantitative estimate of drug-likeness (QED) is 0.133. The highest BCUT2D eigenvalue weighted by molar-refractivity contribution is 6.22. The molecule has 4 aromatic rings. The van der Waals surface area contributed by atoms with E-state index in [1.807, 2.05) is 6.08 Å². The Morgan fingerprint density at radius 1 is 0.583 bits per heavy atom. The third-order valence-electron chi connectivity index (χ3n) is 23.1. The van der Waals surface area contributed by atoms with Crippen molar-refractivity contribution in [3.63, 3.8) is 0 Å². The van der Waals surface area contributed by atoms with Crippen LogP contribution < -0.4 is 21.4 Å². The van der Waals surface area contributed by atoms with Gasteiger partial charge in [0.05, 0.1) is 105 Å². The Balaban J connectivity index is 0.000000132. The number of fused-ring (bicyclic) bond motifs is 2. The molecule has 2 aliphatic carbocycles. The Hall–Kier alpha value is -7.90. The fourth-order valence-corrected chi connectivity index (χ4v) is 19.6. The molecule has 14 aliphatic rings. The van der Waals surface area contributed by atoms with Crippen LogP contribution in [0, 0.1) is 57.3 Å². The summed E-state index contributed by atoms with van der Waals surface area (Å²) in [5, 5.41) is 16.8. The zero-order valence-electron chi connectivity index (χ0n) is 50.8. The standard InChI is InChI=1S/C36H38N4O2.C35H36N4O3/c1-9-22-18(4)26-14-28-20(6)24(11-12-32(41)42-8)34-25-13-17(3)33-21(7)29-16-31-23(10-2)19(5)27-15-30(22)37(26)36(38(27)31,39(28)34)40(29)35(25)33;1-8-20-16(3)24-13-26-18(5)22(10-11-31(41)42-7)33-23-12-30(40)32-19(6)27-15-29-21(9-2)17(4)25-14-28(20)36(24)35(37(25)29,38(26)33)39(27)34(23)32/h9,14-17,20,24H,1,10-13H2,2-8H3;8,13-15,18,22,30,40H,1,9-12H2,2-7H3/q2*+2. The van der Waals surface area contributed by atoms with Crippen molar-refractivity contribution in [1.82, 2.24) is 18.3 Å². The van der Waals surface area contributed by atoms with Crippen LogP contribution >= 0.6 is 0 Å². The number of aliphatic hydroxyl groups excluding tert-OH is 1. The Morgan fingerprint density at radius 3 is 1.44 bits per heavy atom. The molecule has 0 bridgehead atoms. The molecule has 424 valence electrons. The van der Waals surface area contributed by atoms with Gasteiger partial charge in [0.2, 0.25) is 34.2 Å². The van der Waals surface area contributed by atoms with Gasteiger partial charge in [0, 0.05) is 71.4 Å². The van der Waals surface area contributed by atoms with Gasteiger partial charge in [-0.3, -0.25) is 9.59 Å². The molecule has 4 aromatic heterocycles. The molecule has 8 atom stereocenters. The average molecular weight is 1120 g/mol. The molecular weight excluding hydrogens is 1040 g/mol. The number of hydrogen-bond acceptors (Lipinski definition) is 5. The second kappa shape index (κ2) is 16.1. The molecule has 16 heterocycles. The number of methoxy groups -OCH3 is 2. The highest BCUT2D eigenvalue weighted by Gasteiger charge is 2.79. The molecule has 12 aliphatic heterocycles. The van der Waals surface area contributed by atoms with Crippen molar-refractivity contribution in [2.75, 3.05) is 14.2 Å². The third kappa shape index (κ3) is 5.12. The van der Waals surface area contributed by atoms with Gasteiger partial charge < -0.3 is 14.6 Å². The third-order valence-corrected chi connectivity index (χ3v) is 23.1. The fraction of sp³-hybridized carbons (Fsp3) is 0.408. The number of hydrogen-bond donors (Lipinski definition) is 1. The molecule has 0 saturated heterocycles. The molecule has 1 N–H and O–H groups in total. The summed E-state index contributed by atoms with van der Waals surface area (Å²) in [6.07, 6.45) is 23.9. The molecule has 0 saturated carbocycles. The molecular formula is C71H74N8O5+4. The van der Waals surface area contributed by atoms with Crippen LogP contribution in [0.4, 0.5) is 0 Å². The van der Waals surface area contributed by atoms with E-state index in [9.17, 15) is 14.7 Å². The van der Waals surface area contributed by atoms with E-state index < -0.39 is 17.9 Å². The second-order valence-electron chi connectivity index (χ2n) is 26.2. The zero-order valence-corrected chi connectivity index (χ0v) is 50.8. The smallest absolute Gasteiger partial charge is 0.469 e. The van der Waals surface area contributed by atoms with Crippen molar-refractivity contribution in [1.29, 1.82) is 0 Å². The maximum absolute atomic E-state index is 12.5. The minimum atomic E-state index is -0.738. The summed E-state index contributed by atoms with van der Waals surface area (Å²) in [5.41, 5.74) is 33.6. The number of carbonyl (C=O) groups excluding carboxylic acids is 2. The van der Waals surface area contributed by atoms with Gasteiger partial charge in [-0.15, -0.1) is 0 Å². The largest absolute Gasteiger partial charge is 0.553 e. The predicted molar refractivity (Wildman–Crippen MR) is 326 cm³/mol. The SMILES string of the molecule is C=Cc1c(C)c2n3c1C=c1c(C)c(CC)c4n1C31[N+]3=C(C=4)C(C)=C4C3=C(CC4C)C3=[N+]1C(=C2)C(C)C3CCC(=O)OC.C=Cc1c(C)c2n3c1C=c1c(C)c(CC)c4n1C31[N+]3=C(C=4)C(C)=C4C3=C(CC4O)C3=[N+]1C(=C2)C(C)C3CCC(=O)OC. The molecule has 2 spiro atoms. The van der Waals surface area contributed by atoms with E-state index in [0.717, 1.165) is 36.8 Å². The normalized spacial score (nSPS) is 28.3. The lowest BCUT2D eigenvalue weighted by molar-refractivity contribution is -0.839. The summed E-state index contributed by atoms with van der Waals surface area (Å²) in [6, 6.07) is 0. The number of ether oxygens (including phenoxy) is 2. The van der Waals surface area contributed by atoms with Gasteiger partial charge in [-0.05, 0) is 125 Å². The predicted octanol–water partition coefficient (Wildman–Crippen LogP) is 7.29. The zero-order chi connectivity index (χ0) is 58.3. The monoisotopic (exact) mass is 1120 g/mol. The van der Waals surface area contributed by atoms with Crippen molar-refractivity contribution in [3.8, 4) is 0 Å². The minimum Gasteiger partial charge on any atom is -0.469 e. The lowest BCUT2D eigenvalue weighted by atomic mass is 9.83. The van der Waals surface area contributed by atoms with Gasteiger partial charge in [-0.1, -0.05) is 78.2 Å². The average Bonchev–Trinajstić information content (AvgIpc) is 1.44. The van der Waals surface area contributed by atoms with Crippen molar-refractivity contribution >= 4 is 83.4 Å². The summed E-state index contributed by atoms with van der Waals surface area (Å²) in [4.78, 5) is 25.0. The fourth-order valence-electron chi connectivity index (χ4n) is 19.6. The van der Waals surface area contributed by atoms with E-state index >= 15 is 0 Å². The maximum Gasteiger partial charge on any atom is 0.553 e. The Bertz CT molecular complexity index is 4470. The number of esters is 2. The van der Waals surface area contributed by atoms with Crippen molar-refractivity contribution < 1.29 is 42.5 Å². The maximum atomic E-state index is 12.5. The van der Waals surface area contributed by atoms with E-state index in [4.69, 9.17) is 9.47 Å². The van der Waals surface area contributed by atoms with Crippen molar-refractivity contribution in [2.45, 2.75) is 145 Å². The molecule has 0 radical (unpaired) electrons. The Kier molecular flexibility index (Phi) is 9.69. The van der Waals surface area contributed by atoms with E-state index in [0.29, 0.717) is 31.6 Å². The first kappa shape index (κ1) is 50.6. The highest BCUT2D eigenvalue weighted by atomic mass is 16.5. The molecule has 8 unspecified atom stereocenters. The summed E-state index contributed by atoms with van der Waals surface area (Å²) in [5.74, 6) is -0.391. The molecule has 13 nitrogen and oxygen atoms in total. The van der Waals surface area contributed by atoms with Crippen LogP contribution in [0.2, 0.25) is 0 Å². The van der Waals surface area contributed by atoms with Crippen LogP contribution in [-0.4, -0.2) is 96.8 Å². The second-order valence-corrected chi connectivity index (χ2v) is 26.2. The first-order valence-corrected chi connectivity index (χ1v) is 30.9. The van der Waals surface area contributed by atoms with E-state index in [1.165, 1.54) is 171 Å². The van der Waals surface area contributed by atoms with Crippen LogP contribution in [0.15, 0.2) is 69.4 Å². The number of allylic oxidation sites excluding steroid dienone is 6. The van der Waals surface area contributed by atoms with E-state index in [1.54, 1.807) is 0 Å². The van der Waals surface area contributed by atoms with Gasteiger partial charge >= 0.3 is 23.8 Å². The first-order valence-electron chi connectivity index (χ1n) is 30.9. The molecule has 0 amide bonds. The van der Waals surface area contributed by atoms with Gasteiger partial charge in [-0.25, -0.2) is 0 Å². The van der Waals surface area contributed by atoms with Crippen molar-refractivity contribution in [3.05, 3.63) is 158 Å². The van der Waals surface area contributed by atoms with Crippen LogP contribution in [0.25, 0.3) is 48.6 Å². The van der Waals surface area contributed by atoms with Crippen molar-refractivity contribution in [2.24, 2.45) is 29.6 Å². The minimum absolute atomic E-state index is 0.125. The summed E-state index contributed by atoms with van der Waals surface area (Å²) >= 11 is 0. The van der Waals surface area contributed by atoms with Gasteiger partial charge in [0.15, 0.2) is 11.4 Å². The molecule has 0 fully saturated rings. The lowest BCUT2D eigenvalue weighted by Crippen LogP contribution is -2.70. The Labute approximate surface area is 489 Å². The summed E-state index contributed by atoms with van der Waals surface area (Å²) < 4.78 is 31.3. The van der Waals surface area contributed by atoms with Crippen LogP contribution in [0.3, 0.4) is 0 Å². The first-order chi connectivity index (χ1) is 40.4. The highest BCUT2D eigenvalue weighted by Crippen LogP contribution is 2.60. The number of aromatic nitrogens is 4. The molecule has 0 aromatic carbocycles. The van der Waals surface area contributed by atoms with Crippen LogP contribution in [0.1, 0.15) is 154 Å². The summed E-state index contributed by atoms with van der Waals surface area (Å²) in [6.45, 7) is 33.8.